The zero-order chi connectivity index (χ0) is 14.5. The minimum Gasteiger partial charge on any atom is -0.387 e. The molecule has 0 fully saturated rings. The SMILES string of the molecule is N#Cc1ccc(NCC(O)c2cccc(Br)c2)c(Cl)c1. The van der Waals surface area contributed by atoms with E-state index in [1.165, 1.54) is 0 Å². The maximum absolute atomic E-state index is 10.1. The summed E-state index contributed by atoms with van der Waals surface area (Å²) in [4.78, 5) is 0. The van der Waals surface area contributed by atoms with Gasteiger partial charge < -0.3 is 10.4 Å². The number of halogens is 2. The van der Waals surface area contributed by atoms with E-state index in [0.29, 0.717) is 22.8 Å². The van der Waals surface area contributed by atoms with Crippen LogP contribution in [0.3, 0.4) is 0 Å². The van der Waals surface area contributed by atoms with E-state index in [4.69, 9.17) is 16.9 Å². The van der Waals surface area contributed by atoms with E-state index in [1.54, 1.807) is 18.2 Å². The van der Waals surface area contributed by atoms with Crippen LogP contribution >= 0.6 is 27.5 Å². The molecule has 0 saturated carbocycles. The van der Waals surface area contributed by atoms with Gasteiger partial charge in [0, 0.05) is 11.0 Å². The van der Waals surface area contributed by atoms with Gasteiger partial charge in [-0.05, 0) is 35.9 Å². The quantitative estimate of drug-likeness (QED) is 0.871. The lowest BCUT2D eigenvalue weighted by atomic mass is 10.1. The molecule has 2 aromatic rings. The third-order valence-electron chi connectivity index (χ3n) is 2.82. The Morgan fingerprint density at radius 2 is 2.10 bits per heavy atom. The van der Waals surface area contributed by atoms with Crippen molar-refractivity contribution >= 4 is 33.2 Å². The Morgan fingerprint density at radius 1 is 1.30 bits per heavy atom. The molecule has 0 spiro atoms. The second-order valence-corrected chi connectivity index (χ2v) is 5.58. The summed E-state index contributed by atoms with van der Waals surface area (Å²) < 4.78 is 0.922. The number of aliphatic hydroxyl groups is 1. The van der Waals surface area contributed by atoms with Crippen LogP contribution in [0.4, 0.5) is 5.69 Å². The molecule has 0 radical (unpaired) electrons. The summed E-state index contributed by atoms with van der Waals surface area (Å²) in [6.45, 7) is 0.335. The highest BCUT2D eigenvalue weighted by Gasteiger charge is 2.09. The Balaban J connectivity index is 2.04. The van der Waals surface area contributed by atoms with Gasteiger partial charge in [0.05, 0.1) is 28.4 Å². The van der Waals surface area contributed by atoms with Gasteiger partial charge in [0.15, 0.2) is 0 Å². The summed E-state index contributed by atoms with van der Waals surface area (Å²) in [7, 11) is 0. The molecule has 2 N–H and O–H groups in total. The van der Waals surface area contributed by atoms with Crippen LogP contribution < -0.4 is 5.32 Å². The van der Waals surface area contributed by atoms with E-state index in [-0.39, 0.29) is 0 Å². The number of nitriles is 1. The third kappa shape index (κ3) is 3.73. The Kier molecular flexibility index (Phi) is 5.02. The summed E-state index contributed by atoms with van der Waals surface area (Å²) in [6.07, 6.45) is -0.640. The average molecular weight is 352 g/mol. The van der Waals surface area contributed by atoms with E-state index >= 15 is 0 Å². The Labute approximate surface area is 130 Å². The molecule has 0 aliphatic carbocycles. The van der Waals surface area contributed by atoms with E-state index in [0.717, 1.165) is 10.0 Å². The molecule has 0 aromatic heterocycles. The van der Waals surface area contributed by atoms with Gasteiger partial charge in [-0.3, -0.25) is 0 Å². The highest BCUT2D eigenvalue weighted by Crippen LogP contribution is 2.24. The van der Waals surface area contributed by atoms with E-state index in [1.807, 2.05) is 30.3 Å². The van der Waals surface area contributed by atoms with Crippen molar-refractivity contribution in [2.24, 2.45) is 0 Å². The van der Waals surface area contributed by atoms with Gasteiger partial charge in [-0.2, -0.15) is 5.26 Å². The number of benzene rings is 2. The molecule has 5 heteroatoms. The maximum atomic E-state index is 10.1. The standard InChI is InChI=1S/C15H12BrClN2O/c16-12-3-1-2-11(7-12)15(20)9-19-14-5-4-10(8-18)6-13(14)17/h1-7,15,19-20H,9H2. The minimum atomic E-state index is -0.640. The fourth-order valence-corrected chi connectivity index (χ4v) is 2.43. The number of anilines is 1. The summed E-state index contributed by atoms with van der Waals surface area (Å²) in [6, 6.07) is 14.5. The lowest BCUT2D eigenvalue weighted by Gasteiger charge is -2.14. The number of rotatable bonds is 4. The molecule has 1 atom stereocenters. The van der Waals surface area contributed by atoms with Gasteiger partial charge in [0.2, 0.25) is 0 Å². The zero-order valence-electron chi connectivity index (χ0n) is 10.5. The van der Waals surface area contributed by atoms with Crippen molar-refractivity contribution in [2.75, 3.05) is 11.9 Å². The summed E-state index contributed by atoms with van der Waals surface area (Å²) in [5.74, 6) is 0. The van der Waals surface area contributed by atoms with Gasteiger partial charge in [-0.1, -0.05) is 39.7 Å². The maximum Gasteiger partial charge on any atom is 0.0992 e. The predicted molar refractivity (Wildman–Crippen MR) is 83.8 cm³/mol. The van der Waals surface area contributed by atoms with Crippen molar-refractivity contribution < 1.29 is 5.11 Å². The molecular weight excluding hydrogens is 340 g/mol. The monoisotopic (exact) mass is 350 g/mol. The highest BCUT2D eigenvalue weighted by molar-refractivity contribution is 9.10. The number of nitrogens with zero attached hydrogens (tertiary/aromatic N) is 1. The first-order chi connectivity index (χ1) is 9.60. The number of aliphatic hydroxyl groups excluding tert-OH is 1. The van der Waals surface area contributed by atoms with Crippen molar-refractivity contribution in [2.45, 2.75) is 6.10 Å². The van der Waals surface area contributed by atoms with Crippen LogP contribution in [0.5, 0.6) is 0 Å². The Bertz CT molecular complexity index is 655. The largest absolute Gasteiger partial charge is 0.387 e. The summed E-state index contributed by atoms with van der Waals surface area (Å²) >= 11 is 9.43. The molecule has 20 heavy (non-hydrogen) atoms. The molecule has 2 aromatic carbocycles. The fraction of sp³-hybridized carbons (Fsp3) is 0.133. The van der Waals surface area contributed by atoms with Crippen LogP contribution in [0.1, 0.15) is 17.2 Å². The molecule has 0 amide bonds. The Morgan fingerprint density at radius 3 is 2.75 bits per heavy atom. The first-order valence-electron chi connectivity index (χ1n) is 5.97. The van der Waals surface area contributed by atoms with E-state index in [2.05, 4.69) is 21.2 Å². The Hall–Kier alpha value is -1.54. The van der Waals surface area contributed by atoms with Crippen LogP contribution in [0, 0.1) is 11.3 Å². The molecule has 3 nitrogen and oxygen atoms in total. The smallest absolute Gasteiger partial charge is 0.0992 e. The number of nitrogens with one attached hydrogen (secondary N) is 1. The molecule has 0 heterocycles. The van der Waals surface area contributed by atoms with Crippen LogP contribution in [0.15, 0.2) is 46.9 Å². The van der Waals surface area contributed by atoms with Crippen molar-refractivity contribution in [1.82, 2.24) is 0 Å². The van der Waals surface area contributed by atoms with Gasteiger partial charge in [0.25, 0.3) is 0 Å². The molecule has 1 unspecified atom stereocenters. The van der Waals surface area contributed by atoms with Crippen molar-refractivity contribution in [3.8, 4) is 6.07 Å². The van der Waals surface area contributed by atoms with Crippen LogP contribution in [0.25, 0.3) is 0 Å². The average Bonchev–Trinajstić information content (AvgIpc) is 2.45. The second kappa shape index (κ2) is 6.76. The predicted octanol–water partition coefficient (Wildman–Crippen LogP) is 4.12. The van der Waals surface area contributed by atoms with Gasteiger partial charge in [-0.25, -0.2) is 0 Å². The van der Waals surface area contributed by atoms with Crippen LogP contribution in [0.2, 0.25) is 5.02 Å². The molecule has 0 bridgehead atoms. The topological polar surface area (TPSA) is 56.0 Å². The molecule has 0 aliphatic rings. The van der Waals surface area contributed by atoms with Crippen molar-refractivity contribution in [3.63, 3.8) is 0 Å². The van der Waals surface area contributed by atoms with Gasteiger partial charge in [-0.15, -0.1) is 0 Å². The van der Waals surface area contributed by atoms with Crippen molar-refractivity contribution in [3.05, 3.63) is 63.1 Å². The minimum absolute atomic E-state index is 0.335. The second-order valence-electron chi connectivity index (χ2n) is 4.26. The van der Waals surface area contributed by atoms with E-state index in [9.17, 15) is 5.11 Å². The van der Waals surface area contributed by atoms with Crippen molar-refractivity contribution in [1.29, 1.82) is 5.26 Å². The first kappa shape index (κ1) is 14.9. The molecule has 2 rings (SSSR count). The van der Waals surface area contributed by atoms with E-state index < -0.39 is 6.10 Å². The molecule has 0 saturated heterocycles. The highest BCUT2D eigenvalue weighted by atomic mass is 79.9. The lowest BCUT2D eigenvalue weighted by Crippen LogP contribution is -2.12. The number of hydrogen-bond acceptors (Lipinski definition) is 3. The third-order valence-corrected chi connectivity index (χ3v) is 3.62. The molecule has 102 valence electrons. The number of hydrogen-bond donors (Lipinski definition) is 2. The van der Waals surface area contributed by atoms with Crippen LogP contribution in [-0.4, -0.2) is 11.7 Å². The normalized spacial score (nSPS) is 11.7. The van der Waals surface area contributed by atoms with Crippen LogP contribution in [-0.2, 0) is 0 Å². The lowest BCUT2D eigenvalue weighted by molar-refractivity contribution is 0.191. The van der Waals surface area contributed by atoms with Gasteiger partial charge >= 0.3 is 0 Å². The fourth-order valence-electron chi connectivity index (χ4n) is 1.77. The van der Waals surface area contributed by atoms with Gasteiger partial charge in [0.1, 0.15) is 0 Å². The first-order valence-corrected chi connectivity index (χ1v) is 7.14. The summed E-state index contributed by atoms with van der Waals surface area (Å²) in [5.41, 5.74) is 2.02. The zero-order valence-corrected chi connectivity index (χ0v) is 12.8. The summed E-state index contributed by atoms with van der Waals surface area (Å²) in [5, 5.41) is 22.4. The molecule has 0 aliphatic heterocycles. The molecular formula is C15H12BrClN2O.